The highest BCUT2D eigenvalue weighted by Crippen LogP contribution is 2.40. The minimum absolute atomic E-state index is 0.163. The van der Waals surface area contributed by atoms with Gasteiger partial charge in [0, 0.05) is 16.9 Å². The normalized spacial score (nSPS) is 14.2. The zero-order chi connectivity index (χ0) is 16.0. The smallest absolute Gasteiger partial charge is 0.257 e. The summed E-state index contributed by atoms with van der Waals surface area (Å²) in [6.07, 6.45) is 2.42. The molecule has 6 heteroatoms. The third kappa shape index (κ3) is 2.82. The first-order chi connectivity index (χ1) is 11.1. The molecule has 0 spiro atoms. The number of nitrogens with one attached hydrogen (secondary N) is 1. The summed E-state index contributed by atoms with van der Waals surface area (Å²) in [5.41, 5.74) is 4.99. The number of hydrogen-bond acceptors (Lipinski definition) is 5. The summed E-state index contributed by atoms with van der Waals surface area (Å²) in [7, 11) is 0. The Labute approximate surface area is 137 Å². The van der Waals surface area contributed by atoms with E-state index in [0.29, 0.717) is 16.6 Å². The van der Waals surface area contributed by atoms with Gasteiger partial charge in [-0.15, -0.1) is 11.3 Å². The Morgan fingerprint density at radius 2 is 1.87 bits per heavy atom. The highest BCUT2D eigenvalue weighted by Gasteiger charge is 2.26. The number of fused-ring (bicyclic) bond motifs is 1. The second-order valence-electron chi connectivity index (χ2n) is 5.90. The maximum Gasteiger partial charge on any atom is 0.257 e. The minimum Gasteiger partial charge on any atom is -0.298 e. The van der Waals surface area contributed by atoms with Crippen molar-refractivity contribution in [3.8, 4) is 0 Å². The number of aromatic nitrogens is 3. The number of carbonyl (C=O) groups excluding carboxylic acids is 1. The molecule has 4 rings (SSSR count). The van der Waals surface area contributed by atoms with Crippen molar-refractivity contribution in [3.05, 3.63) is 46.2 Å². The molecule has 2 heterocycles. The van der Waals surface area contributed by atoms with Crippen LogP contribution in [0.5, 0.6) is 0 Å². The van der Waals surface area contributed by atoms with Crippen LogP contribution < -0.4 is 5.32 Å². The Balaban J connectivity index is 1.59. The third-order valence-electron chi connectivity index (χ3n) is 4.08. The molecular weight excluding hydrogens is 308 g/mol. The van der Waals surface area contributed by atoms with Crippen LogP contribution in [0.2, 0.25) is 0 Å². The van der Waals surface area contributed by atoms with Crippen molar-refractivity contribution in [2.75, 3.05) is 5.32 Å². The maximum atomic E-state index is 12.4. The number of carbonyl (C=O) groups is 1. The first-order valence-electron chi connectivity index (χ1n) is 7.62. The van der Waals surface area contributed by atoms with Crippen molar-refractivity contribution in [1.82, 2.24) is 15.0 Å². The largest absolute Gasteiger partial charge is 0.298 e. The van der Waals surface area contributed by atoms with Crippen LogP contribution in [0.4, 0.5) is 5.13 Å². The van der Waals surface area contributed by atoms with Gasteiger partial charge in [0.2, 0.25) is 0 Å². The Kier molecular flexibility index (Phi) is 3.34. The van der Waals surface area contributed by atoms with Gasteiger partial charge in [-0.2, -0.15) is 0 Å². The van der Waals surface area contributed by atoms with Crippen molar-refractivity contribution < 1.29 is 4.79 Å². The lowest BCUT2D eigenvalue weighted by atomic mass is 10.1. The highest BCUT2D eigenvalue weighted by atomic mass is 32.1. The molecule has 1 aliphatic rings. The fourth-order valence-corrected chi connectivity index (χ4v) is 3.24. The van der Waals surface area contributed by atoms with E-state index in [1.54, 1.807) is 12.1 Å². The van der Waals surface area contributed by atoms with Crippen LogP contribution in [0, 0.1) is 13.8 Å². The number of anilines is 1. The molecule has 23 heavy (non-hydrogen) atoms. The number of rotatable bonds is 3. The lowest BCUT2D eigenvalue weighted by Crippen LogP contribution is -2.12. The number of thiazole rings is 1. The van der Waals surface area contributed by atoms with Gasteiger partial charge in [0.1, 0.15) is 0 Å². The molecule has 3 aromatic rings. The first-order valence-corrected chi connectivity index (χ1v) is 8.50. The van der Waals surface area contributed by atoms with Gasteiger partial charge in [-0.25, -0.2) is 15.0 Å². The van der Waals surface area contributed by atoms with E-state index in [2.05, 4.69) is 20.3 Å². The fraction of sp³-hybridized carbons (Fsp3) is 0.294. The third-order valence-corrected chi connectivity index (χ3v) is 4.85. The summed E-state index contributed by atoms with van der Waals surface area (Å²) >= 11 is 1.48. The van der Waals surface area contributed by atoms with E-state index in [1.807, 2.05) is 25.3 Å². The topological polar surface area (TPSA) is 67.8 Å². The molecule has 1 aromatic carbocycles. The monoisotopic (exact) mass is 324 g/mol. The van der Waals surface area contributed by atoms with E-state index < -0.39 is 0 Å². The number of benzene rings is 1. The number of nitrogens with zero attached hydrogens (tertiary/aromatic N) is 3. The zero-order valence-corrected chi connectivity index (χ0v) is 13.8. The predicted molar refractivity (Wildman–Crippen MR) is 91.1 cm³/mol. The van der Waals surface area contributed by atoms with Crippen LogP contribution in [-0.4, -0.2) is 20.9 Å². The Morgan fingerprint density at radius 3 is 2.61 bits per heavy atom. The highest BCUT2D eigenvalue weighted by molar-refractivity contribution is 7.14. The van der Waals surface area contributed by atoms with Gasteiger partial charge in [-0.3, -0.25) is 10.1 Å². The fourth-order valence-electron chi connectivity index (χ4n) is 2.45. The molecule has 1 saturated carbocycles. The van der Waals surface area contributed by atoms with Gasteiger partial charge in [-0.05, 0) is 44.9 Å². The maximum absolute atomic E-state index is 12.4. The number of hydrogen-bond donors (Lipinski definition) is 1. The van der Waals surface area contributed by atoms with Gasteiger partial charge >= 0.3 is 0 Å². The van der Waals surface area contributed by atoms with Gasteiger partial charge in [0.15, 0.2) is 5.13 Å². The van der Waals surface area contributed by atoms with Gasteiger partial charge in [0.05, 0.1) is 28.1 Å². The lowest BCUT2D eigenvalue weighted by Gasteiger charge is -2.05. The summed E-state index contributed by atoms with van der Waals surface area (Å²) in [6.45, 7) is 3.85. The quantitative estimate of drug-likeness (QED) is 0.795. The SMILES string of the molecule is Cc1nc2ccc(C(=O)Nc3nc(C4CC4)cs3)cc2nc1C. The van der Waals surface area contributed by atoms with E-state index in [9.17, 15) is 4.79 Å². The molecule has 0 bridgehead atoms. The van der Waals surface area contributed by atoms with Crippen LogP contribution >= 0.6 is 11.3 Å². The summed E-state index contributed by atoms with van der Waals surface area (Å²) in [5, 5.41) is 5.56. The van der Waals surface area contributed by atoms with E-state index >= 15 is 0 Å². The molecule has 1 fully saturated rings. The number of amides is 1. The Morgan fingerprint density at radius 1 is 1.13 bits per heavy atom. The van der Waals surface area contributed by atoms with Crippen molar-refractivity contribution in [2.45, 2.75) is 32.6 Å². The molecule has 1 aliphatic carbocycles. The molecule has 0 aliphatic heterocycles. The van der Waals surface area contributed by atoms with Crippen LogP contribution in [0.25, 0.3) is 11.0 Å². The minimum atomic E-state index is -0.163. The Hall–Kier alpha value is -2.34. The summed E-state index contributed by atoms with van der Waals surface area (Å²) in [5.74, 6) is 0.433. The summed E-state index contributed by atoms with van der Waals surface area (Å²) < 4.78 is 0. The van der Waals surface area contributed by atoms with Crippen molar-refractivity contribution >= 4 is 33.4 Å². The summed E-state index contributed by atoms with van der Waals surface area (Å²) in [6, 6.07) is 5.39. The van der Waals surface area contributed by atoms with E-state index in [1.165, 1.54) is 24.2 Å². The molecular formula is C17H16N4OS. The molecule has 0 atom stereocenters. The summed E-state index contributed by atoms with van der Waals surface area (Å²) in [4.78, 5) is 25.9. The first kappa shape index (κ1) is 14.3. The van der Waals surface area contributed by atoms with E-state index in [0.717, 1.165) is 28.1 Å². The van der Waals surface area contributed by atoms with E-state index in [-0.39, 0.29) is 5.91 Å². The molecule has 0 saturated heterocycles. The molecule has 116 valence electrons. The predicted octanol–water partition coefficient (Wildman–Crippen LogP) is 3.83. The van der Waals surface area contributed by atoms with Crippen molar-refractivity contribution in [3.63, 3.8) is 0 Å². The van der Waals surface area contributed by atoms with Gasteiger partial charge in [0.25, 0.3) is 5.91 Å². The number of aryl methyl sites for hydroxylation is 2. The molecule has 5 nitrogen and oxygen atoms in total. The van der Waals surface area contributed by atoms with Gasteiger partial charge in [-0.1, -0.05) is 0 Å². The van der Waals surface area contributed by atoms with Crippen LogP contribution in [-0.2, 0) is 0 Å². The molecule has 0 unspecified atom stereocenters. The average molecular weight is 324 g/mol. The van der Waals surface area contributed by atoms with Crippen molar-refractivity contribution in [1.29, 1.82) is 0 Å². The molecule has 1 amide bonds. The zero-order valence-electron chi connectivity index (χ0n) is 13.0. The van der Waals surface area contributed by atoms with Gasteiger partial charge < -0.3 is 0 Å². The molecule has 1 N–H and O–H groups in total. The second-order valence-corrected chi connectivity index (χ2v) is 6.76. The molecule has 0 radical (unpaired) electrons. The van der Waals surface area contributed by atoms with Crippen LogP contribution in [0.1, 0.15) is 46.2 Å². The molecule has 2 aromatic heterocycles. The standard InChI is InChI=1S/C17H16N4OS/c1-9-10(2)19-14-7-12(5-6-13(14)18-9)16(22)21-17-20-15(8-23-17)11-3-4-11/h5-8,11H,3-4H2,1-2H3,(H,20,21,22). The second kappa shape index (κ2) is 5.38. The van der Waals surface area contributed by atoms with E-state index in [4.69, 9.17) is 0 Å². The van der Waals surface area contributed by atoms with Crippen LogP contribution in [0.3, 0.4) is 0 Å². The Bertz CT molecular complexity index is 914. The lowest BCUT2D eigenvalue weighted by molar-refractivity contribution is 0.102. The van der Waals surface area contributed by atoms with Crippen LogP contribution in [0.15, 0.2) is 23.6 Å². The van der Waals surface area contributed by atoms with Crippen molar-refractivity contribution in [2.24, 2.45) is 0 Å². The average Bonchev–Trinajstić information content (AvgIpc) is 3.28.